The highest BCUT2D eigenvalue weighted by Crippen LogP contribution is 2.18. The van der Waals surface area contributed by atoms with Crippen LogP contribution in [-0.2, 0) is 0 Å². The van der Waals surface area contributed by atoms with Crippen LogP contribution < -0.4 is 10.1 Å². The summed E-state index contributed by atoms with van der Waals surface area (Å²) >= 11 is 0. The molecule has 0 bridgehead atoms. The minimum absolute atomic E-state index is 0.110. The van der Waals surface area contributed by atoms with Gasteiger partial charge in [0.15, 0.2) is 0 Å². The van der Waals surface area contributed by atoms with Gasteiger partial charge in [-0.25, -0.2) is 4.98 Å². The van der Waals surface area contributed by atoms with Crippen molar-refractivity contribution >= 4 is 5.91 Å². The zero-order chi connectivity index (χ0) is 15.2. The summed E-state index contributed by atoms with van der Waals surface area (Å²) in [5.74, 6) is 0.789. The lowest BCUT2D eigenvalue weighted by atomic mass is 9.97. The second-order valence-corrected chi connectivity index (χ2v) is 5.87. The van der Waals surface area contributed by atoms with Crippen LogP contribution in [-0.4, -0.2) is 48.6 Å². The predicted octanol–water partition coefficient (Wildman–Crippen LogP) is 1.94. The Morgan fingerprint density at radius 1 is 1.57 bits per heavy atom. The summed E-state index contributed by atoms with van der Waals surface area (Å²) in [6.45, 7) is 7.38. The maximum atomic E-state index is 12.2. The number of carbonyl (C=O) groups excluding carboxylic acids is 1. The predicted molar refractivity (Wildman–Crippen MR) is 82.6 cm³/mol. The SMILES string of the molecule is COc1ncccc1C(=O)NCC1CCCN(C(C)C)C1. The largest absolute Gasteiger partial charge is 0.480 e. The van der Waals surface area contributed by atoms with E-state index in [4.69, 9.17) is 4.74 Å². The quantitative estimate of drug-likeness (QED) is 0.901. The van der Waals surface area contributed by atoms with E-state index in [1.54, 1.807) is 18.3 Å². The number of pyridine rings is 1. The van der Waals surface area contributed by atoms with E-state index in [2.05, 4.69) is 29.0 Å². The molecule has 0 aliphatic carbocycles. The van der Waals surface area contributed by atoms with E-state index >= 15 is 0 Å². The molecule has 2 heterocycles. The molecule has 0 aromatic carbocycles. The van der Waals surface area contributed by atoms with E-state index in [0.717, 1.165) is 6.54 Å². The van der Waals surface area contributed by atoms with Crippen LogP contribution in [0.1, 0.15) is 37.0 Å². The van der Waals surface area contributed by atoms with Crippen molar-refractivity contribution in [1.29, 1.82) is 0 Å². The van der Waals surface area contributed by atoms with E-state index < -0.39 is 0 Å². The van der Waals surface area contributed by atoms with Crippen LogP contribution in [0.3, 0.4) is 0 Å². The number of hydrogen-bond acceptors (Lipinski definition) is 4. The number of likely N-dealkylation sites (tertiary alicyclic amines) is 1. The van der Waals surface area contributed by atoms with Gasteiger partial charge in [0.2, 0.25) is 5.88 Å². The van der Waals surface area contributed by atoms with E-state index in [1.807, 2.05) is 0 Å². The Morgan fingerprint density at radius 2 is 2.38 bits per heavy atom. The summed E-state index contributed by atoms with van der Waals surface area (Å²) in [4.78, 5) is 18.8. The molecule has 116 valence electrons. The lowest BCUT2D eigenvalue weighted by Gasteiger charge is -2.35. The number of rotatable bonds is 5. The third-order valence-corrected chi connectivity index (χ3v) is 4.04. The second-order valence-electron chi connectivity index (χ2n) is 5.87. The molecule has 5 nitrogen and oxygen atoms in total. The number of amides is 1. The molecule has 1 fully saturated rings. The van der Waals surface area contributed by atoms with Gasteiger partial charge in [-0.2, -0.15) is 0 Å². The molecule has 0 saturated carbocycles. The molecular weight excluding hydrogens is 266 g/mol. The molecule has 1 amide bonds. The van der Waals surface area contributed by atoms with Crippen molar-refractivity contribution in [3.05, 3.63) is 23.9 Å². The maximum Gasteiger partial charge on any atom is 0.256 e. The normalized spacial score (nSPS) is 19.5. The Bertz CT molecular complexity index is 476. The minimum Gasteiger partial charge on any atom is -0.480 e. The molecule has 1 aliphatic rings. The standard InChI is InChI=1S/C16H25N3O2/c1-12(2)19-9-5-6-13(11-19)10-18-15(20)14-7-4-8-17-16(14)21-3/h4,7-8,12-13H,5-6,9-11H2,1-3H3,(H,18,20). The van der Waals surface area contributed by atoms with Crippen molar-refractivity contribution in [3.63, 3.8) is 0 Å². The van der Waals surface area contributed by atoms with Crippen LogP contribution in [0.5, 0.6) is 5.88 Å². The van der Waals surface area contributed by atoms with Gasteiger partial charge in [-0.1, -0.05) is 0 Å². The Labute approximate surface area is 126 Å². The first-order valence-corrected chi connectivity index (χ1v) is 7.63. The molecule has 1 unspecified atom stereocenters. The fourth-order valence-corrected chi connectivity index (χ4v) is 2.79. The van der Waals surface area contributed by atoms with Crippen LogP contribution in [0.15, 0.2) is 18.3 Å². The molecule has 1 aromatic rings. The Hall–Kier alpha value is -1.62. The summed E-state index contributed by atoms with van der Waals surface area (Å²) in [5, 5.41) is 3.02. The number of nitrogens with zero attached hydrogens (tertiary/aromatic N) is 2. The summed E-state index contributed by atoms with van der Waals surface area (Å²) < 4.78 is 5.13. The fourth-order valence-electron chi connectivity index (χ4n) is 2.79. The summed E-state index contributed by atoms with van der Waals surface area (Å²) in [7, 11) is 1.53. The van der Waals surface area contributed by atoms with Crippen molar-refractivity contribution in [3.8, 4) is 5.88 Å². The highest BCUT2D eigenvalue weighted by atomic mass is 16.5. The first-order chi connectivity index (χ1) is 10.1. The van der Waals surface area contributed by atoms with Crippen LogP contribution in [0.4, 0.5) is 0 Å². The van der Waals surface area contributed by atoms with Crippen LogP contribution in [0, 0.1) is 5.92 Å². The van der Waals surface area contributed by atoms with Crippen molar-refractivity contribution in [1.82, 2.24) is 15.2 Å². The second kappa shape index (κ2) is 7.41. The van der Waals surface area contributed by atoms with Gasteiger partial charge >= 0.3 is 0 Å². The number of carbonyl (C=O) groups is 1. The fraction of sp³-hybridized carbons (Fsp3) is 0.625. The molecular formula is C16H25N3O2. The monoisotopic (exact) mass is 291 g/mol. The molecule has 1 N–H and O–H groups in total. The average Bonchev–Trinajstić information content (AvgIpc) is 2.52. The molecule has 1 aliphatic heterocycles. The number of hydrogen-bond donors (Lipinski definition) is 1. The van der Waals surface area contributed by atoms with Gasteiger partial charge in [-0.15, -0.1) is 0 Å². The zero-order valence-electron chi connectivity index (χ0n) is 13.1. The third-order valence-electron chi connectivity index (χ3n) is 4.04. The van der Waals surface area contributed by atoms with E-state index in [1.165, 1.54) is 26.5 Å². The van der Waals surface area contributed by atoms with Crippen molar-refractivity contribution < 1.29 is 9.53 Å². The highest BCUT2D eigenvalue weighted by molar-refractivity contribution is 5.96. The van der Waals surface area contributed by atoms with E-state index in [0.29, 0.717) is 29.9 Å². The Morgan fingerprint density at radius 3 is 3.10 bits per heavy atom. The first kappa shape index (κ1) is 15.8. The minimum atomic E-state index is -0.110. The van der Waals surface area contributed by atoms with Gasteiger partial charge in [0.1, 0.15) is 5.56 Å². The number of methoxy groups -OCH3 is 1. The van der Waals surface area contributed by atoms with Gasteiger partial charge in [0, 0.05) is 25.3 Å². The van der Waals surface area contributed by atoms with Gasteiger partial charge in [0.05, 0.1) is 7.11 Å². The molecule has 0 radical (unpaired) electrons. The summed E-state index contributed by atoms with van der Waals surface area (Å²) in [6.07, 6.45) is 4.00. The third kappa shape index (κ3) is 4.17. The smallest absolute Gasteiger partial charge is 0.256 e. The summed E-state index contributed by atoms with van der Waals surface area (Å²) in [5.41, 5.74) is 0.497. The van der Waals surface area contributed by atoms with Crippen LogP contribution >= 0.6 is 0 Å². The molecule has 21 heavy (non-hydrogen) atoms. The molecule has 1 saturated heterocycles. The number of nitrogens with one attached hydrogen (secondary N) is 1. The molecule has 0 spiro atoms. The van der Waals surface area contributed by atoms with Crippen LogP contribution in [0.2, 0.25) is 0 Å². The Balaban J connectivity index is 1.89. The number of aromatic nitrogens is 1. The number of piperidine rings is 1. The lowest BCUT2D eigenvalue weighted by molar-refractivity contribution is 0.0919. The van der Waals surface area contributed by atoms with Crippen molar-refractivity contribution in [2.75, 3.05) is 26.7 Å². The average molecular weight is 291 g/mol. The zero-order valence-corrected chi connectivity index (χ0v) is 13.1. The summed E-state index contributed by atoms with van der Waals surface area (Å²) in [6, 6.07) is 4.06. The highest BCUT2D eigenvalue weighted by Gasteiger charge is 2.22. The lowest BCUT2D eigenvalue weighted by Crippen LogP contribution is -2.43. The van der Waals surface area contributed by atoms with Gasteiger partial charge in [-0.05, 0) is 51.3 Å². The van der Waals surface area contributed by atoms with Crippen molar-refractivity contribution in [2.45, 2.75) is 32.7 Å². The van der Waals surface area contributed by atoms with E-state index in [-0.39, 0.29) is 5.91 Å². The van der Waals surface area contributed by atoms with Gasteiger partial charge in [-0.3, -0.25) is 4.79 Å². The topological polar surface area (TPSA) is 54.5 Å². The maximum absolute atomic E-state index is 12.2. The van der Waals surface area contributed by atoms with Crippen molar-refractivity contribution in [2.24, 2.45) is 5.92 Å². The Kier molecular flexibility index (Phi) is 5.56. The van der Waals surface area contributed by atoms with Gasteiger partial charge in [0.25, 0.3) is 5.91 Å². The van der Waals surface area contributed by atoms with E-state index in [9.17, 15) is 4.79 Å². The molecule has 1 atom stereocenters. The molecule has 5 heteroatoms. The van der Waals surface area contributed by atoms with Gasteiger partial charge < -0.3 is 15.0 Å². The van der Waals surface area contributed by atoms with Crippen LogP contribution in [0.25, 0.3) is 0 Å². The first-order valence-electron chi connectivity index (χ1n) is 7.63. The molecule has 1 aromatic heterocycles. The number of ether oxygens (including phenoxy) is 1. The molecule has 2 rings (SSSR count).